The van der Waals surface area contributed by atoms with E-state index in [1.807, 2.05) is 18.2 Å². The molecule has 0 spiro atoms. The molecule has 1 aromatic carbocycles. The number of alkyl halides is 3. The minimum Gasteiger partial charge on any atom is -0.390 e. The number of likely N-dealkylation sites (tertiary alicyclic amines) is 1. The highest BCUT2D eigenvalue weighted by atomic mass is 19.4. The molecule has 1 saturated heterocycles. The van der Waals surface area contributed by atoms with E-state index in [4.69, 9.17) is 0 Å². The molecule has 0 atom stereocenters. The number of benzene rings is 1. The van der Waals surface area contributed by atoms with Crippen molar-refractivity contribution in [3.8, 4) is 11.1 Å². The van der Waals surface area contributed by atoms with Gasteiger partial charge in [-0.2, -0.15) is 13.2 Å². The Morgan fingerprint density at radius 1 is 1.00 bits per heavy atom. The molecular weight excluding hydrogens is 457 g/mol. The fourth-order valence-corrected chi connectivity index (χ4v) is 4.55. The second-order valence-electron chi connectivity index (χ2n) is 8.68. The Kier molecular flexibility index (Phi) is 6.02. The van der Waals surface area contributed by atoms with Crippen molar-refractivity contribution in [3.63, 3.8) is 0 Å². The first-order valence-corrected chi connectivity index (χ1v) is 11.3. The van der Waals surface area contributed by atoms with Crippen molar-refractivity contribution in [1.82, 2.24) is 19.3 Å². The Balaban J connectivity index is 1.30. The van der Waals surface area contributed by atoms with Gasteiger partial charge in [-0.3, -0.25) is 14.2 Å². The number of aromatic nitrogens is 3. The van der Waals surface area contributed by atoms with Gasteiger partial charge in [0.1, 0.15) is 11.3 Å². The topological polar surface area (TPSA) is 70.7 Å². The molecule has 4 aromatic rings. The van der Waals surface area contributed by atoms with Crippen LogP contribution in [0.5, 0.6) is 0 Å². The average Bonchev–Trinajstić information content (AvgIpc) is 3.31. The van der Waals surface area contributed by atoms with Crippen molar-refractivity contribution >= 4 is 11.6 Å². The first-order chi connectivity index (χ1) is 16.8. The lowest BCUT2D eigenvalue weighted by molar-refractivity contribution is -0.137. The molecule has 3 aromatic heterocycles. The van der Waals surface area contributed by atoms with Gasteiger partial charge in [0, 0.05) is 31.0 Å². The van der Waals surface area contributed by atoms with Gasteiger partial charge in [-0.25, -0.2) is 4.98 Å². The van der Waals surface area contributed by atoms with Gasteiger partial charge in [-0.1, -0.05) is 30.3 Å². The Morgan fingerprint density at radius 2 is 1.80 bits per heavy atom. The number of halogens is 3. The van der Waals surface area contributed by atoms with Gasteiger partial charge in [0.25, 0.3) is 5.91 Å². The van der Waals surface area contributed by atoms with Gasteiger partial charge in [-0.05, 0) is 48.1 Å². The molecule has 0 radical (unpaired) electrons. The van der Waals surface area contributed by atoms with Crippen LogP contribution in [-0.2, 0) is 12.8 Å². The third-order valence-electron chi connectivity index (χ3n) is 6.51. The number of aliphatic hydroxyl groups excluding tert-OH is 1. The van der Waals surface area contributed by atoms with E-state index in [0.29, 0.717) is 24.4 Å². The summed E-state index contributed by atoms with van der Waals surface area (Å²) < 4.78 is 40.6. The van der Waals surface area contributed by atoms with Crippen LogP contribution in [0.3, 0.4) is 0 Å². The third kappa shape index (κ3) is 4.64. The Morgan fingerprint density at radius 3 is 2.49 bits per heavy atom. The van der Waals surface area contributed by atoms with E-state index in [2.05, 4.69) is 22.1 Å². The Hall–Kier alpha value is -3.72. The second-order valence-corrected chi connectivity index (χ2v) is 8.68. The van der Waals surface area contributed by atoms with Crippen LogP contribution in [0.25, 0.3) is 16.8 Å². The highest BCUT2D eigenvalue weighted by Crippen LogP contribution is 2.32. The van der Waals surface area contributed by atoms with Gasteiger partial charge in [-0.15, -0.1) is 0 Å². The molecule has 9 heteroatoms. The minimum absolute atomic E-state index is 0.101. The number of piperidine rings is 1. The summed E-state index contributed by atoms with van der Waals surface area (Å²) >= 11 is 0. The molecule has 0 saturated carbocycles. The molecule has 5 rings (SSSR count). The van der Waals surface area contributed by atoms with Gasteiger partial charge < -0.3 is 10.0 Å². The molecule has 35 heavy (non-hydrogen) atoms. The SMILES string of the molecule is O=C(c1cnc2ccc(C(F)(F)F)cn12)N1CCC(c2cccc(-c3ccc(CO)nc3)c2)CC1. The quantitative estimate of drug-likeness (QED) is 0.450. The predicted molar refractivity (Wildman–Crippen MR) is 124 cm³/mol. The molecule has 0 unspecified atom stereocenters. The predicted octanol–water partition coefficient (Wildman–Crippen LogP) is 4.93. The number of nitrogens with zero attached hydrogens (tertiary/aromatic N) is 4. The smallest absolute Gasteiger partial charge is 0.390 e. The summed E-state index contributed by atoms with van der Waals surface area (Å²) in [5.74, 6) is -0.0539. The lowest BCUT2D eigenvalue weighted by atomic mass is 9.88. The van der Waals surface area contributed by atoms with Crippen molar-refractivity contribution in [1.29, 1.82) is 0 Å². The number of rotatable bonds is 4. The van der Waals surface area contributed by atoms with Crippen LogP contribution in [0.4, 0.5) is 13.2 Å². The van der Waals surface area contributed by atoms with Crippen molar-refractivity contribution in [2.24, 2.45) is 0 Å². The van der Waals surface area contributed by atoms with Crippen LogP contribution < -0.4 is 0 Å². The van der Waals surface area contributed by atoms with Gasteiger partial charge >= 0.3 is 6.18 Å². The zero-order chi connectivity index (χ0) is 24.6. The molecular formula is C26H23F3N4O2. The fraction of sp³-hybridized carbons (Fsp3) is 0.269. The summed E-state index contributed by atoms with van der Waals surface area (Å²) in [7, 11) is 0. The molecule has 1 fully saturated rings. The maximum absolute atomic E-state index is 13.1. The molecule has 180 valence electrons. The van der Waals surface area contributed by atoms with E-state index in [1.165, 1.54) is 22.2 Å². The Bertz CT molecular complexity index is 1360. The monoisotopic (exact) mass is 480 g/mol. The number of aliphatic hydroxyl groups is 1. The lowest BCUT2D eigenvalue weighted by Gasteiger charge is -2.32. The summed E-state index contributed by atoms with van der Waals surface area (Å²) in [6.45, 7) is 0.912. The first-order valence-electron chi connectivity index (χ1n) is 11.3. The maximum atomic E-state index is 13.1. The van der Waals surface area contributed by atoms with Gasteiger partial charge in [0.05, 0.1) is 24.1 Å². The van der Waals surface area contributed by atoms with Crippen LogP contribution in [0.2, 0.25) is 0 Å². The standard InChI is InChI=1S/C26H23F3N4O2/c27-26(28,29)21-5-7-24-31-14-23(33(24)15-21)25(35)32-10-8-17(9-11-32)18-2-1-3-19(12-18)20-4-6-22(16-34)30-13-20/h1-7,12-15,17,34H,8-11,16H2. The summed E-state index contributed by atoms with van der Waals surface area (Å²) in [5, 5.41) is 9.19. The van der Waals surface area contributed by atoms with E-state index < -0.39 is 11.7 Å². The van der Waals surface area contributed by atoms with Crippen LogP contribution in [-0.4, -0.2) is 43.4 Å². The highest BCUT2D eigenvalue weighted by molar-refractivity contribution is 5.93. The first kappa shape index (κ1) is 23.0. The van der Waals surface area contributed by atoms with Crippen molar-refractivity contribution < 1.29 is 23.1 Å². The highest BCUT2D eigenvalue weighted by Gasteiger charge is 2.32. The van der Waals surface area contributed by atoms with Crippen molar-refractivity contribution in [2.45, 2.75) is 31.5 Å². The molecule has 1 aliphatic rings. The number of pyridine rings is 2. The number of carbonyl (C=O) groups is 1. The third-order valence-corrected chi connectivity index (χ3v) is 6.51. The minimum atomic E-state index is -4.50. The number of hydrogen-bond acceptors (Lipinski definition) is 4. The van der Waals surface area contributed by atoms with E-state index in [-0.39, 0.29) is 24.1 Å². The largest absolute Gasteiger partial charge is 0.417 e. The van der Waals surface area contributed by atoms with E-state index in [9.17, 15) is 23.1 Å². The molecule has 1 amide bonds. The number of amides is 1. The maximum Gasteiger partial charge on any atom is 0.417 e. The number of carbonyl (C=O) groups excluding carboxylic acids is 1. The number of imidazole rings is 1. The van der Waals surface area contributed by atoms with Crippen LogP contribution in [0.1, 0.15) is 46.1 Å². The lowest BCUT2D eigenvalue weighted by Crippen LogP contribution is -2.38. The van der Waals surface area contributed by atoms with Crippen LogP contribution in [0, 0.1) is 0 Å². The summed E-state index contributed by atoms with van der Waals surface area (Å²) in [4.78, 5) is 23.2. The number of hydrogen-bond donors (Lipinski definition) is 1. The van der Waals surface area contributed by atoms with Crippen LogP contribution in [0.15, 0.2) is 67.1 Å². The van der Waals surface area contributed by atoms with E-state index in [0.717, 1.165) is 36.2 Å². The Labute approximate surface area is 199 Å². The molecule has 1 N–H and O–H groups in total. The normalized spacial score (nSPS) is 15.0. The zero-order valence-electron chi connectivity index (χ0n) is 18.7. The molecule has 0 bridgehead atoms. The van der Waals surface area contributed by atoms with Crippen LogP contribution >= 0.6 is 0 Å². The molecule has 1 aliphatic heterocycles. The average molecular weight is 480 g/mol. The molecule has 0 aliphatic carbocycles. The molecule has 6 nitrogen and oxygen atoms in total. The summed E-state index contributed by atoms with van der Waals surface area (Å²) in [6, 6.07) is 14.2. The van der Waals surface area contributed by atoms with Gasteiger partial charge in [0.2, 0.25) is 0 Å². The van der Waals surface area contributed by atoms with Gasteiger partial charge in [0.15, 0.2) is 0 Å². The van der Waals surface area contributed by atoms with E-state index >= 15 is 0 Å². The zero-order valence-corrected chi connectivity index (χ0v) is 18.7. The van der Waals surface area contributed by atoms with Crippen molar-refractivity contribution in [3.05, 3.63) is 89.6 Å². The van der Waals surface area contributed by atoms with E-state index in [1.54, 1.807) is 17.2 Å². The summed E-state index contributed by atoms with van der Waals surface area (Å²) in [5.41, 5.74) is 3.39. The van der Waals surface area contributed by atoms with Crippen molar-refractivity contribution in [2.75, 3.05) is 13.1 Å². The number of fused-ring (bicyclic) bond motifs is 1. The second kappa shape index (κ2) is 9.14. The summed E-state index contributed by atoms with van der Waals surface area (Å²) in [6.07, 6.45) is 1.01. The molecule has 4 heterocycles. The fourth-order valence-electron chi connectivity index (χ4n) is 4.55.